The fraction of sp³-hybridized carbons (Fsp3) is 0.688. The molecule has 2 saturated carbocycles. The summed E-state index contributed by atoms with van der Waals surface area (Å²) in [7, 11) is 0. The van der Waals surface area contributed by atoms with Crippen LogP contribution in [0.5, 0.6) is 0 Å². The zero-order valence-electron chi connectivity index (χ0n) is 17.6. The second kappa shape index (κ2) is 6.41. The highest BCUT2D eigenvalue weighted by molar-refractivity contribution is 5.90. The summed E-state index contributed by atoms with van der Waals surface area (Å²) in [4.78, 5) is 35.4. The zero-order chi connectivity index (χ0) is 20.6. The number of carbonyl (C=O) groups is 3. The fourth-order valence-corrected chi connectivity index (χ4v) is 2.86. The second-order valence-corrected chi connectivity index (χ2v) is 5.72. The van der Waals surface area contributed by atoms with Crippen LogP contribution in [0.3, 0.4) is 0 Å². The number of allylic oxidation sites excluding steroid dienone is 2. The summed E-state index contributed by atoms with van der Waals surface area (Å²) < 4.78 is 44.4. The van der Waals surface area contributed by atoms with E-state index in [-0.39, 0.29) is 31.0 Å². The third-order valence-corrected chi connectivity index (χ3v) is 4.28. The highest BCUT2D eigenvalue weighted by Crippen LogP contribution is 2.37. The van der Waals surface area contributed by atoms with Crippen LogP contribution in [0.15, 0.2) is 12.1 Å². The highest BCUT2D eigenvalue weighted by atomic mass is 16.4. The van der Waals surface area contributed by atoms with Crippen molar-refractivity contribution < 1.29 is 27.7 Å². The molecule has 0 unspecified atom stereocenters. The molecule has 0 saturated heterocycles. The van der Waals surface area contributed by atoms with Gasteiger partial charge in [-0.3, -0.25) is 9.59 Å². The second-order valence-electron chi connectivity index (χ2n) is 5.72. The molecule has 0 aromatic rings. The van der Waals surface area contributed by atoms with Gasteiger partial charge in [-0.05, 0) is 38.0 Å². The molecule has 0 aromatic carbocycles. The maximum atomic E-state index is 12.2. The Bertz CT molecular complexity index is 668. The fourth-order valence-electron chi connectivity index (χ4n) is 2.86. The summed E-state index contributed by atoms with van der Waals surface area (Å²) in [6.07, 6.45) is -0.322. The number of rotatable bonds is 7. The number of carbonyl (C=O) groups excluding carboxylic acids is 2. The van der Waals surface area contributed by atoms with Crippen molar-refractivity contribution in [3.63, 3.8) is 0 Å². The lowest BCUT2D eigenvalue weighted by Gasteiger charge is -2.18. The van der Waals surface area contributed by atoms with Gasteiger partial charge in [0.05, 0.1) is 1.37 Å². The predicted molar refractivity (Wildman–Crippen MR) is 77.6 cm³/mol. The Hall–Kier alpha value is -1.65. The molecule has 2 aliphatic rings. The van der Waals surface area contributed by atoms with Gasteiger partial charge in [0.25, 0.3) is 0 Å². The zero-order valence-corrected chi connectivity index (χ0v) is 11.6. The SMILES string of the molecule is [2H]/C(=C/C[C@H]1C(=O)CC[C@@H]1CC(=O)NC1(C(=O)O)CC1)C([2H])([2H])C([2H])([2H])[2H]. The van der Waals surface area contributed by atoms with Gasteiger partial charge in [0.15, 0.2) is 0 Å². The highest BCUT2D eigenvalue weighted by Gasteiger charge is 2.51. The molecule has 2 fully saturated rings. The summed E-state index contributed by atoms with van der Waals surface area (Å²) >= 11 is 0. The van der Waals surface area contributed by atoms with E-state index < -0.39 is 42.6 Å². The van der Waals surface area contributed by atoms with Crippen molar-refractivity contribution in [1.82, 2.24) is 5.32 Å². The summed E-state index contributed by atoms with van der Waals surface area (Å²) in [5.74, 6) is -2.60. The third kappa shape index (κ3) is 3.71. The van der Waals surface area contributed by atoms with Crippen LogP contribution in [0.25, 0.3) is 0 Å². The quantitative estimate of drug-likeness (QED) is 0.705. The van der Waals surface area contributed by atoms with Crippen LogP contribution in [0, 0.1) is 11.8 Å². The van der Waals surface area contributed by atoms with Crippen molar-refractivity contribution in [2.24, 2.45) is 11.8 Å². The van der Waals surface area contributed by atoms with Crippen LogP contribution >= 0.6 is 0 Å². The Labute approximate surface area is 133 Å². The van der Waals surface area contributed by atoms with E-state index >= 15 is 0 Å². The Kier molecular flexibility index (Phi) is 2.87. The van der Waals surface area contributed by atoms with Gasteiger partial charge in [-0.1, -0.05) is 19.0 Å². The molecular weight excluding hydrogens is 270 g/mol. The van der Waals surface area contributed by atoms with Gasteiger partial charge in [-0.2, -0.15) is 0 Å². The van der Waals surface area contributed by atoms with Crippen molar-refractivity contribution >= 4 is 17.7 Å². The minimum Gasteiger partial charge on any atom is -0.480 e. The first-order valence-electron chi connectivity index (χ1n) is 10.0. The molecule has 0 radical (unpaired) electrons. The van der Waals surface area contributed by atoms with Crippen LogP contribution in [-0.2, 0) is 14.4 Å². The summed E-state index contributed by atoms with van der Waals surface area (Å²) in [6, 6.07) is -0.715. The maximum Gasteiger partial charge on any atom is 0.329 e. The molecule has 5 heteroatoms. The van der Waals surface area contributed by atoms with Gasteiger partial charge in [0, 0.05) is 25.6 Å². The van der Waals surface area contributed by atoms with Gasteiger partial charge in [0.2, 0.25) is 5.91 Å². The average molecular weight is 299 g/mol. The van der Waals surface area contributed by atoms with Crippen LogP contribution in [-0.4, -0.2) is 28.3 Å². The largest absolute Gasteiger partial charge is 0.480 e. The minimum atomic E-state index is -2.99. The molecule has 0 bridgehead atoms. The maximum absolute atomic E-state index is 12.2. The Morgan fingerprint density at radius 1 is 1.62 bits per heavy atom. The Morgan fingerprint density at radius 3 is 3.00 bits per heavy atom. The molecule has 0 heterocycles. The topological polar surface area (TPSA) is 83.5 Å². The molecule has 2 N–H and O–H groups in total. The van der Waals surface area contributed by atoms with Gasteiger partial charge in [-0.25, -0.2) is 4.79 Å². The van der Waals surface area contributed by atoms with E-state index in [1.165, 1.54) is 0 Å². The lowest BCUT2D eigenvalue weighted by atomic mass is 9.89. The number of hydrogen-bond donors (Lipinski definition) is 2. The lowest BCUT2D eigenvalue weighted by molar-refractivity contribution is -0.143. The molecule has 0 spiro atoms. The van der Waals surface area contributed by atoms with E-state index in [0.717, 1.165) is 6.08 Å². The molecular formula is C16H23NO4. The molecule has 5 nitrogen and oxygen atoms in total. The number of carboxylic acid groups (broad SMARTS) is 1. The lowest BCUT2D eigenvalue weighted by Crippen LogP contribution is -2.43. The number of aliphatic carboxylic acids is 1. The molecule has 0 aromatic heterocycles. The van der Waals surface area contributed by atoms with Crippen molar-refractivity contribution in [1.29, 1.82) is 0 Å². The van der Waals surface area contributed by atoms with Gasteiger partial charge in [-0.15, -0.1) is 0 Å². The standard InChI is InChI=1S/C16H23NO4/c1-2-3-4-5-12-11(6-7-13(12)18)10-14(19)17-16(8-9-16)15(20)21/h3-4,11-12H,2,5-10H2,1H3,(H,17,19)(H,20,21)/b4-3-/t11-,12-/m1/s1/i1D3,2D2,3D. The van der Waals surface area contributed by atoms with E-state index in [2.05, 4.69) is 5.32 Å². The molecule has 0 aliphatic heterocycles. The van der Waals surface area contributed by atoms with E-state index in [9.17, 15) is 14.4 Å². The van der Waals surface area contributed by atoms with Crippen LogP contribution in [0.4, 0.5) is 0 Å². The average Bonchev–Trinajstić information content (AvgIpc) is 3.23. The summed E-state index contributed by atoms with van der Waals surface area (Å²) in [6.45, 7) is -2.99. The van der Waals surface area contributed by atoms with E-state index in [4.69, 9.17) is 13.3 Å². The van der Waals surface area contributed by atoms with E-state index in [0.29, 0.717) is 19.3 Å². The first-order valence-corrected chi connectivity index (χ1v) is 7.04. The van der Waals surface area contributed by atoms with Gasteiger partial charge >= 0.3 is 5.97 Å². The number of Topliss-reactive ketones (excluding diaryl/α,β-unsaturated/α-hetero) is 1. The molecule has 2 rings (SSSR count). The number of hydrogen-bond acceptors (Lipinski definition) is 3. The molecule has 1 amide bonds. The Morgan fingerprint density at radius 2 is 2.38 bits per heavy atom. The minimum absolute atomic E-state index is 0.0186. The van der Waals surface area contributed by atoms with E-state index in [1.54, 1.807) is 0 Å². The summed E-state index contributed by atoms with van der Waals surface area (Å²) in [5, 5.41) is 11.6. The number of amides is 1. The monoisotopic (exact) mass is 299 g/mol. The number of ketones is 1. The molecule has 116 valence electrons. The van der Waals surface area contributed by atoms with Gasteiger partial charge in [0.1, 0.15) is 11.3 Å². The first kappa shape index (κ1) is 9.38. The summed E-state index contributed by atoms with van der Waals surface area (Å²) in [5.41, 5.74) is -1.20. The predicted octanol–water partition coefficient (Wildman–Crippen LogP) is 2.06. The van der Waals surface area contributed by atoms with Crippen molar-refractivity contribution in [3.8, 4) is 0 Å². The molecule has 21 heavy (non-hydrogen) atoms. The normalized spacial score (nSPS) is 33.0. The number of carboxylic acids is 1. The van der Waals surface area contributed by atoms with E-state index in [1.807, 2.05) is 0 Å². The Balaban J connectivity index is 2.01. The van der Waals surface area contributed by atoms with Crippen LogP contribution in [0.2, 0.25) is 0 Å². The third-order valence-electron chi connectivity index (χ3n) is 4.28. The van der Waals surface area contributed by atoms with Crippen molar-refractivity contribution in [2.75, 3.05) is 0 Å². The first-order chi connectivity index (χ1) is 12.3. The molecule has 2 atom stereocenters. The smallest absolute Gasteiger partial charge is 0.329 e. The van der Waals surface area contributed by atoms with Crippen molar-refractivity contribution in [3.05, 3.63) is 12.1 Å². The van der Waals surface area contributed by atoms with Gasteiger partial charge < -0.3 is 10.4 Å². The molecule has 2 aliphatic carbocycles. The van der Waals surface area contributed by atoms with Crippen molar-refractivity contribution in [2.45, 2.75) is 57.3 Å². The number of nitrogens with one attached hydrogen (secondary N) is 1. The van der Waals surface area contributed by atoms with Crippen LogP contribution in [0.1, 0.15) is 60.0 Å². The van der Waals surface area contributed by atoms with Crippen LogP contribution < -0.4 is 5.32 Å².